The number of benzene rings is 2. The third-order valence-electron chi connectivity index (χ3n) is 2.63. The van der Waals surface area contributed by atoms with E-state index in [4.69, 9.17) is 5.73 Å². The Morgan fingerprint density at radius 1 is 1.12 bits per heavy atom. The topological polar surface area (TPSA) is 26.0 Å². The van der Waals surface area contributed by atoms with Crippen molar-refractivity contribution in [1.82, 2.24) is 0 Å². The lowest BCUT2D eigenvalue weighted by atomic mass is 10.2. The Morgan fingerprint density at radius 2 is 1.88 bits per heavy atom. The van der Waals surface area contributed by atoms with Gasteiger partial charge in [0.05, 0.1) is 0 Å². The van der Waals surface area contributed by atoms with Gasteiger partial charge in [-0.3, -0.25) is 0 Å². The van der Waals surface area contributed by atoms with Crippen LogP contribution in [0.25, 0.3) is 0 Å². The molecule has 0 fully saturated rings. The number of aryl methyl sites for hydroxylation is 1. The Hall–Kier alpha value is -0.930. The van der Waals surface area contributed by atoms with Gasteiger partial charge in [0.15, 0.2) is 0 Å². The molecule has 0 radical (unpaired) electrons. The SMILES string of the molecule is Cc1cccc(SCc2ccccc2Br)c1N. The number of nitrogens with two attached hydrogens (primary N) is 1. The van der Waals surface area contributed by atoms with Crippen molar-refractivity contribution in [2.75, 3.05) is 5.73 Å². The quantitative estimate of drug-likeness (QED) is 0.661. The minimum atomic E-state index is 0.893. The summed E-state index contributed by atoms with van der Waals surface area (Å²) in [6.45, 7) is 2.04. The van der Waals surface area contributed by atoms with E-state index < -0.39 is 0 Å². The zero-order valence-corrected chi connectivity index (χ0v) is 12.0. The lowest BCUT2D eigenvalue weighted by Crippen LogP contribution is -1.92. The maximum atomic E-state index is 6.05. The van der Waals surface area contributed by atoms with Crippen molar-refractivity contribution in [2.24, 2.45) is 0 Å². The number of hydrogen-bond donors (Lipinski definition) is 1. The molecule has 0 unspecified atom stereocenters. The fourth-order valence-electron chi connectivity index (χ4n) is 1.55. The zero-order chi connectivity index (χ0) is 12.3. The van der Waals surface area contributed by atoms with Gasteiger partial charge in [0.2, 0.25) is 0 Å². The predicted octanol–water partition coefficient (Wildman–Crippen LogP) is 4.63. The summed E-state index contributed by atoms with van der Waals surface area (Å²) >= 11 is 5.33. The highest BCUT2D eigenvalue weighted by atomic mass is 79.9. The molecule has 17 heavy (non-hydrogen) atoms. The fourth-order valence-corrected chi connectivity index (χ4v) is 3.22. The number of anilines is 1. The first-order valence-corrected chi connectivity index (χ1v) is 7.17. The molecule has 2 rings (SSSR count). The highest BCUT2D eigenvalue weighted by molar-refractivity contribution is 9.10. The van der Waals surface area contributed by atoms with E-state index in [1.807, 2.05) is 25.1 Å². The number of thioether (sulfide) groups is 1. The van der Waals surface area contributed by atoms with Gasteiger partial charge in [-0.1, -0.05) is 46.3 Å². The van der Waals surface area contributed by atoms with Gasteiger partial charge >= 0.3 is 0 Å². The third kappa shape index (κ3) is 3.05. The Labute approximate surface area is 115 Å². The maximum absolute atomic E-state index is 6.05. The van der Waals surface area contributed by atoms with E-state index in [1.54, 1.807) is 11.8 Å². The molecule has 0 aliphatic heterocycles. The van der Waals surface area contributed by atoms with Crippen molar-refractivity contribution >= 4 is 33.4 Å². The predicted molar refractivity (Wildman–Crippen MR) is 79.3 cm³/mol. The van der Waals surface area contributed by atoms with Crippen LogP contribution in [-0.4, -0.2) is 0 Å². The summed E-state index contributed by atoms with van der Waals surface area (Å²) in [5, 5.41) is 0. The molecule has 0 aliphatic rings. The first kappa shape index (κ1) is 12.5. The Balaban J connectivity index is 2.13. The number of hydrogen-bond acceptors (Lipinski definition) is 2. The van der Waals surface area contributed by atoms with Gasteiger partial charge in [0.1, 0.15) is 0 Å². The minimum absolute atomic E-state index is 0.893. The summed E-state index contributed by atoms with van der Waals surface area (Å²) in [5.41, 5.74) is 9.38. The van der Waals surface area contributed by atoms with Crippen LogP contribution in [0.1, 0.15) is 11.1 Å². The normalized spacial score (nSPS) is 10.5. The first-order valence-electron chi connectivity index (χ1n) is 5.40. The summed E-state index contributed by atoms with van der Waals surface area (Å²) < 4.78 is 1.15. The van der Waals surface area contributed by atoms with Crippen molar-refractivity contribution in [2.45, 2.75) is 17.6 Å². The standard InChI is InChI=1S/C14H14BrNS/c1-10-5-4-8-13(14(10)16)17-9-11-6-2-3-7-12(11)15/h2-8H,9,16H2,1H3. The van der Waals surface area contributed by atoms with Gasteiger partial charge in [0.25, 0.3) is 0 Å². The van der Waals surface area contributed by atoms with Crippen LogP contribution < -0.4 is 5.73 Å². The minimum Gasteiger partial charge on any atom is -0.398 e. The van der Waals surface area contributed by atoms with Crippen molar-refractivity contribution < 1.29 is 0 Å². The maximum Gasteiger partial charge on any atom is 0.0482 e. The van der Waals surface area contributed by atoms with E-state index in [-0.39, 0.29) is 0 Å². The average molecular weight is 308 g/mol. The van der Waals surface area contributed by atoms with Gasteiger partial charge in [-0.15, -0.1) is 11.8 Å². The molecule has 0 aliphatic carbocycles. The molecule has 0 bridgehead atoms. The molecule has 0 aromatic heterocycles. The second-order valence-electron chi connectivity index (χ2n) is 3.87. The largest absolute Gasteiger partial charge is 0.398 e. The highest BCUT2D eigenvalue weighted by Crippen LogP contribution is 2.31. The van der Waals surface area contributed by atoms with Crippen molar-refractivity contribution in [1.29, 1.82) is 0 Å². The van der Waals surface area contributed by atoms with Crippen molar-refractivity contribution in [3.8, 4) is 0 Å². The highest BCUT2D eigenvalue weighted by Gasteiger charge is 2.04. The smallest absolute Gasteiger partial charge is 0.0482 e. The summed E-state index contributed by atoms with van der Waals surface area (Å²) in [5.74, 6) is 0.926. The van der Waals surface area contributed by atoms with E-state index in [9.17, 15) is 0 Å². The first-order chi connectivity index (χ1) is 8.18. The summed E-state index contributed by atoms with van der Waals surface area (Å²) in [6, 6.07) is 14.4. The molecule has 0 saturated carbocycles. The molecule has 0 saturated heterocycles. The van der Waals surface area contributed by atoms with Gasteiger partial charge in [-0.25, -0.2) is 0 Å². The molecule has 88 valence electrons. The zero-order valence-electron chi connectivity index (χ0n) is 9.61. The Morgan fingerprint density at radius 3 is 2.65 bits per heavy atom. The lowest BCUT2D eigenvalue weighted by molar-refractivity contribution is 1.33. The van der Waals surface area contributed by atoms with Crippen LogP contribution in [0.3, 0.4) is 0 Å². The van der Waals surface area contributed by atoms with E-state index in [0.29, 0.717) is 0 Å². The molecule has 3 heteroatoms. The lowest BCUT2D eigenvalue weighted by Gasteiger charge is -2.08. The van der Waals surface area contributed by atoms with Crippen molar-refractivity contribution in [3.05, 3.63) is 58.1 Å². The van der Waals surface area contributed by atoms with Crippen LogP contribution >= 0.6 is 27.7 Å². The van der Waals surface area contributed by atoms with E-state index in [0.717, 1.165) is 26.4 Å². The fraction of sp³-hybridized carbons (Fsp3) is 0.143. The van der Waals surface area contributed by atoms with Crippen LogP contribution in [-0.2, 0) is 5.75 Å². The summed E-state index contributed by atoms with van der Waals surface area (Å²) in [6.07, 6.45) is 0. The molecular weight excluding hydrogens is 294 g/mol. The molecule has 2 N–H and O–H groups in total. The van der Waals surface area contributed by atoms with Crippen LogP contribution in [0, 0.1) is 6.92 Å². The van der Waals surface area contributed by atoms with Gasteiger partial charge in [-0.2, -0.15) is 0 Å². The molecule has 2 aromatic rings. The summed E-state index contributed by atoms with van der Waals surface area (Å²) in [4.78, 5) is 1.15. The third-order valence-corrected chi connectivity index (χ3v) is 4.52. The van der Waals surface area contributed by atoms with Crippen LogP contribution in [0.15, 0.2) is 51.8 Å². The number of nitrogen functional groups attached to an aromatic ring is 1. The second-order valence-corrected chi connectivity index (χ2v) is 5.74. The van der Waals surface area contributed by atoms with Crippen LogP contribution in [0.5, 0.6) is 0 Å². The van der Waals surface area contributed by atoms with Crippen LogP contribution in [0.4, 0.5) is 5.69 Å². The van der Waals surface area contributed by atoms with Gasteiger partial charge in [0, 0.05) is 20.8 Å². The molecule has 0 amide bonds. The molecular formula is C14H14BrNS. The van der Waals surface area contributed by atoms with Gasteiger partial charge in [-0.05, 0) is 30.2 Å². The van der Waals surface area contributed by atoms with E-state index in [2.05, 4.69) is 40.2 Å². The summed E-state index contributed by atoms with van der Waals surface area (Å²) in [7, 11) is 0. The van der Waals surface area contributed by atoms with Crippen molar-refractivity contribution in [3.63, 3.8) is 0 Å². The molecule has 0 heterocycles. The van der Waals surface area contributed by atoms with Crippen LogP contribution in [0.2, 0.25) is 0 Å². The Kier molecular flexibility index (Phi) is 4.13. The Bertz CT molecular complexity index is 525. The monoisotopic (exact) mass is 307 g/mol. The number of para-hydroxylation sites is 1. The number of rotatable bonds is 3. The molecule has 2 aromatic carbocycles. The number of halogens is 1. The van der Waals surface area contributed by atoms with Gasteiger partial charge < -0.3 is 5.73 Å². The molecule has 0 spiro atoms. The second kappa shape index (κ2) is 5.61. The average Bonchev–Trinajstić information content (AvgIpc) is 2.33. The van der Waals surface area contributed by atoms with E-state index >= 15 is 0 Å². The molecule has 0 atom stereocenters. The molecule has 1 nitrogen and oxygen atoms in total. The van der Waals surface area contributed by atoms with E-state index in [1.165, 1.54) is 5.56 Å².